The zero-order valence-corrected chi connectivity index (χ0v) is 24.3. The van der Waals surface area contributed by atoms with Crippen LogP contribution in [0.5, 0.6) is 0 Å². The molecule has 3 atom stereocenters. The third-order valence-corrected chi connectivity index (χ3v) is 23.7. The number of likely N-dealkylation sites (tertiary alicyclic amines) is 1. The van der Waals surface area contributed by atoms with E-state index in [0.29, 0.717) is 18.3 Å². The number of rotatable bonds is 17. The van der Waals surface area contributed by atoms with E-state index in [1.54, 1.807) is 0 Å². The summed E-state index contributed by atoms with van der Waals surface area (Å²) < 4.78 is 12.0. The summed E-state index contributed by atoms with van der Waals surface area (Å²) in [4.78, 5) is 14.6. The van der Waals surface area contributed by atoms with Gasteiger partial charge in [0, 0.05) is 0 Å². The fourth-order valence-corrected chi connectivity index (χ4v) is 23.7. The normalized spacial score (nSPS) is 21.2. The number of nitrogens with zero attached hydrogens (tertiary/aromatic N) is 1. The van der Waals surface area contributed by atoms with E-state index < -0.39 is 18.4 Å². The molecule has 31 heavy (non-hydrogen) atoms. The second-order valence-electron chi connectivity index (χ2n) is 10.2. The molecule has 0 saturated carbocycles. The van der Waals surface area contributed by atoms with Crippen molar-refractivity contribution in [1.82, 2.24) is 4.90 Å². The van der Waals surface area contributed by atoms with Gasteiger partial charge in [0.1, 0.15) is 0 Å². The Balaban J connectivity index is 3.16. The van der Waals surface area contributed by atoms with Gasteiger partial charge in [0.2, 0.25) is 0 Å². The molecule has 5 heteroatoms. The van der Waals surface area contributed by atoms with Gasteiger partial charge >= 0.3 is 198 Å². The number of carbonyl (C=O) groups is 1. The molecule has 0 radical (unpaired) electrons. The second-order valence-corrected chi connectivity index (χ2v) is 24.2. The SMILES string of the molecule is CCC[CH2][Sn]([CH2]CCC)([CH2]CCC)[CH2]C(CCCO)C1CN(C)CCC1OC(=O)CC. The van der Waals surface area contributed by atoms with Crippen molar-refractivity contribution in [2.24, 2.45) is 11.8 Å². The van der Waals surface area contributed by atoms with Gasteiger partial charge in [-0.3, -0.25) is 0 Å². The van der Waals surface area contributed by atoms with Crippen LogP contribution in [0.1, 0.15) is 91.9 Å². The minimum atomic E-state index is -2.32. The summed E-state index contributed by atoms with van der Waals surface area (Å²) in [6.45, 7) is 11.3. The molecule has 1 saturated heterocycles. The average molecular weight is 546 g/mol. The Bertz CT molecular complexity index is 452. The molecule has 4 nitrogen and oxygen atoms in total. The molecule has 1 N–H and O–H groups in total. The third-order valence-electron chi connectivity index (χ3n) is 7.58. The van der Waals surface area contributed by atoms with Crippen molar-refractivity contribution in [2.45, 2.75) is 116 Å². The van der Waals surface area contributed by atoms with Crippen LogP contribution in [0.3, 0.4) is 0 Å². The number of hydrogen-bond acceptors (Lipinski definition) is 4. The van der Waals surface area contributed by atoms with E-state index in [1.807, 2.05) is 6.92 Å². The molecule has 0 aromatic heterocycles. The average Bonchev–Trinajstić information content (AvgIpc) is 2.78. The predicted molar refractivity (Wildman–Crippen MR) is 135 cm³/mol. The van der Waals surface area contributed by atoms with Crippen LogP contribution >= 0.6 is 0 Å². The number of ether oxygens (including phenoxy) is 1. The summed E-state index contributed by atoms with van der Waals surface area (Å²) in [5, 5.41) is 9.66. The molecule has 0 amide bonds. The zero-order chi connectivity index (χ0) is 23.1. The molecule has 0 aromatic carbocycles. The van der Waals surface area contributed by atoms with Crippen LogP contribution in [0.4, 0.5) is 0 Å². The molecule has 1 fully saturated rings. The van der Waals surface area contributed by atoms with Crippen molar-refractivity contribution in [1.29, 1.82) is 0 Å². The number of carbonyl (C=O) groups excluding carboxylic acids is 1. The Kier molecular flexibility index (Phi) is 15.8. The molecule has 1 rings (SSSR count). The van der Waals surface area contributed by atoms with Crippen molar-refractivity contribution in [2.75, 3.05) is 26.7 Å². The third kappa shape index (κ3) is 10.8. The number of unbranched alkanes of at least 4 members (excludes halogenated alkanes) is 3. The van der Waals surface area contributed by atoms with Gasteiger partial charge in [0.15, 0.2) is 0 Å². The molecule has 1 heterocycles. The maximum absolute atomic E-state index is 12.2. The van der Waals surface area contributed by atoms with Gasteiger partial charge in [-0.2, -0.15) is 0 Å². The zero-order valence-electron chi connectivity index (χ0n) is 21.5. The van der Waals surface area contributed by atoms with Gasteiger partial charge in [0.05, 0.1) is 0 Å². The Hall–Kier alpha value is 0.189. The van der Waals surface area contributed by atoms with E-state index in [4.69, 9.17) is 4.74 Å². The van der Waals surface area contributed by atoms with Gasteiger partial charge in [-0.15, -0.1) is 0 Å². The van der Waals surface area contributed by atoms with E-state index in [2.05, 4.69) is 32.7 Å². The van der Waals surface area contributed by atoms with E-state index >= 15 is 0 Å². The summed E-state index contributed by atoms with van der Waals surface area (Å²) in [5.41, 5.74) is 0. The summed E-state index contributed by atoms with van der Waals surface area (Å²) in [7, 11) is 2.22. The summed E-state index contributed by atoms with van der Waals surface area (Å²) in [5.74, 6) is 0.992. The first kappa shape index (κ1) is 29.2. The van der Waals surface area contributed by atoms with Crippen molar-refractivity contribution in [3.05, 3.63) is 0 Å². The molecule has 0 bridgehead atoms. The first-order valence-corrected chi connectivity index (χ1v) is 21.5. The molecular formula is C26H53NO3Sn. The summed E-state index contributed by atoms with van der Waals surface area (Å²) in [6, 6.07) is 0. The van der Waals surface area contributed by atoms with Crippen LogP contribution in [0.25, 0.3) is 0 Å². The summed E-state index contributed by atoms with van der Waals surface area (Å²) >= 11 is -2.32. The molecule has 0 aromatic rings. The Morgan fingerprint density at radius 3 is 2.10 bits per heavy atom. The Morgan fingerprint density at radius 2 is 1.61 bits per heavy atom. The molecule has 1 aliphatic heterocycles. The first-order chi connectivity index (χ1) is 14.9. The van der Waals surface area contributed by atoms with Crippen LogP contribution in [0, 0.1) is 11.8 Å². The molecular weight excluding hydrogens is 493 g/mol. The van der Waals surface area contributed by atoms with E-state index in [0.717, 1.165) is 32.4 Å². The Labute approximate surface area is 197 Å². The van der Waals surface area contributed by atoms with Crippen LogP contribution < -0.4 is 0 Å². The predicted octanol–water partition coefficient (Wildman–Crippen LogP) is 6.50. The number of aliphatic hydroxyl groups excluding tert-OH is 1. The summed E-state index contributed by atoms with van der Waals surface area (Å²) in [6.07, 6.45) is 11.6. The number of aliphatic hydroxyl groups is 1. The fraction of sp³-hybridized carbons (Fsp3) is 0.962. The van der Waals surface area contributed by atoms with Gasteiger partial charge in [0.25, 0.3) is 0 Å². The molecule has 3 unspecified atom stereocenters. The van der Waals surface area contributed by atoms with Crippen molar-refractivity contribution in [3.63, 3.8) is 0 Å². The van der Waals surface area contributed by atoms with E-state index in [9.17, 15) is 9.90 Å². The quantitative estimate of drug-likeness (QED) is 0.167. The van der Waals surface area contributed by atoms with Crippen molar-refractivity contribution >= 4 is 24.3 Å². The minimum absolute atomic E-state index is 0.0433. The van der Waals surface area contributed by atoms with Crippen LogP contribution in [0.15, 0.2) is 0 Å². The molecule has 0 spiro atoms. The van der Waals surface area contributed by atoms with Crippen LogP contribution in [-0.4, -0.2) is 67.2 Å². The van der Waals surface area contributed by atoms with Crippen molar-refractivity contribution < 1.29 is 14.6 Å². The topological polar surface area (TPSA) is 49.8 Å². The van der Waals surface area contributed by atoms with E-state index in [1.165, 1.54) is 56.3 Å². The Morgan fingerprint density at radius 1 is 1.03 bits per heavy atom. The van der Waals surface area contributed by atoms with Gasteiger partial charge in [-0.25, -0.2) is 0 Å². The number of hydrogen-bond donors (Lipinski definition) is 1. The first-order valence-electron chi connectivity index (χ1n) is 13.4. The second kappa shape index (κ2) is 16.7. The number of esters is 1. The van der Waals surface area contributed by atoms with Gasteiger partial charge in [-0.1, -0.05) is 0 Å². The van der Waals surface area contributed by atoms with E-state index in [-0.39, 0.29) is 18.7 Å². The monoisotopic (exact) mass is 547 g/mol. The number of piperidine rings is 1. The fourth-order valence-electron chi connectivity index (χ4n) is 5.70. The van der Waals surface area contributed by atoms with Crippen LogP contribution in [0.2, 0.25) is 17.7 Å². The standard InChI is InChI=1S/C14H26NO3.3C4H9.Sn/c1-4-14(17)18-13-7-8-15(3)10-12(13)11(2)6-5-9-16;3*1-3-4-2;/h11-13,16H,2,4-10H2,1,3H3;3*1,3-4H2,2H3;. The molecule has 184 valence electrons. The maximum atomic E-state index is 12.2. The van der Waals surface area contributed by atoms with Gasteiger partial charge < -0.3 is 0 Å². The molecule has 0 aliphatic carbocycles. The van der Waals surface area contributed by atoms with Crippen LogP contribution in [-0.2, 0) is 9.53 Å². The van der Waals surface area contributed by atoms with Crippen molar-refractivity contribution in [3.8, 4) is 0 Å². The van der Waals surface area contributed by atoms with Gasteiger partial charge in [-0.05, 0) is 0 Å². The molecule has 1 aliphatic rings.